The molecule has 0 nitrogen and oxygen atoms in total. The third-order valence-electron chi connectivity index (χ3n) is 9.19. The van der Waals surface area contributed by atoms with Crippen LogP contribution in [0.15, 0.2) is 72.8 Å². The predicted octanol–water partition coefficient (Wildman–Crippen LogP) is 10.8. The molecule has 0 N–H and O–H groups in total. The van der Waals surface area contributed by atoms with E-state index in [1.165, 1.54) is 105 Å². The zero-order valence-corrected chi connectivity index (χ0v) is 23.6. The van der Waals surface area contributed by atoms with Crippen molar-refractivity contribution >= 4 is 34.8 Å². The summed E-state index contributed by atoms with van der Waals surface area (Å²) in [5.74, 6) is 0. The molecule has 1 heteroatoms. The summed E-state index contributed by atoms with van der Waals surface area (Å²) in [6.45, 7) is 2.33. The molecule has 0 bridgehead atoms. The Morgan fingerprint density at radius 2 is 1.14 bits per heavy atom. The van der Waals surface area contributed by atoms with Gasteiger partial charge in [0, 0.05) is 0 Å². The van der Waals surface area contributed by atoms with Gasteiger partial charge in [0.2, 0.25) is 0 Å². The van der Waals surface area contributed by atoms with Crippen LogP contribution in [-0.2, 0) is 6.42 Å². The van der Waals surface area contributed by atoms with Crippen LogP contribution in [0.3, 0.4) is 0 Å². The summed E-state index contributed by atoms with van der Waals surface area (Å²) in [5.41, 5.74) is 6.52. The molecule has 2 fully saturated rings. The molecule has 2 aliphatic rings. The fraction of sp³-hybridized carbons (Fsp3) is 0.444. The van der Waals surface area contributed by atoms with Gasteiger partial charge in [-0.05, 0) is 93.4 Å². The van der Waals surface area contributed by atoms with E-state index in [0.717, 1.165) is 11.3 Å². The van der Waals surface area contributed by atoms with Crippen molar-refractivity contribution in [1.29, 1.82) is 0 Å². The Hall–Kier alpha value is -2.17. The van der Waals surface area contributed by atoms with Crippen LogP contribution in [0.2, 0.25) is 0 Å². The van der Waals surface area contributed by atoms with Crippen LogP contribution < -0.4 is 5.30 Å². The first-order valence-corrected chi connectivity index (χ1v) is 16.6. The van der Waals surface area contributed by atoms with Crippen molar-refractivity contribution in [1.82, 2.24) is 0 Å². The molecule has 0 spiro atoms. The van der Waals surface area contributed by atoms with Crippen molar-refractivity contribution < 1.29 is 0 Å². The topological polar surface area (TPSA) is 0 Å². The van der Waals surface area contributed by atoms with Gasteiger partial charge >= 0.3 is 0 Å². The van der Waals surface area contributed by atoms with E-state index in [1.54, 1.807) is 22.0 Å². The zero-order chi connectivity index (χ0) is 25.0. The van der Waals surface area contributed by atoms with Crippen LogP contribution in [0.1, 0.15) is 89.5 Å². The normalized spacial score (nSPS) is 17.7. The molecule has 0 amide bonds. The summed E-state index contributed by atoms with van der Waals surface area (Å²) >= 11 is 0. The highest BCUT2D eigenvalue weighted by atomic mass is 31.1. The minimum atomic E-state index is -0.190. The number of aryl methyl sites for hydroxylation is 1. The lowest BCUT2D eigenvalue weighted by Gasteiger charge is -2.40. The largest absolute Gasteiger partial charge is 0.0683 e. The number of unbranched alkanes of at least 4 members (excludes halogenated alkanes) is 1. The Balaban J connectivity index is 1.64. The summed E-state index contributed by atoms with van der Waals surface area (Å²) in [7, 11) is -0.190. The highest BCUT2D eigenvalue weighted by Gasteiger charge is 2.34. The molecule has 0 aliphatic heterocycles. The maximum Gasteiger partial charge on any atom is -0.00192 e. The van der Waals surface area contributed by atoms with E-state index in [2.05, 4.69) is 79.7 Å². The first-order chi connectivity index (χ1) is 18.3. The van der Waals surface area contributed by atoms with Crippen molar-refractivity contribution in [2.75, 3.05) is 0 Å². The second kappa shape index (κ2) is 11.7. The Bertz CT molecular complexity index is 1320. The number of fused-ring (bicyclic) bond motifs is 2. The summed E-state index contributed by atoms with van der Waals surface area (Å²) < 4.78 is 0. The summed E-state index contributed by atoms with van der Waals surface area (Å²) in [6, 6.07) is 28.3. The van der Waals surface area contributed by atoms with Gasteiger partial charge in [-0.25, -0.2) is 0 Å². The van der Waals surface area contributed by atoms with E-state index < -0.39 is 0 Å². The number of hydrogen-bond donors (Lipinski definition) is 0. The van der Waals surface area contributed by atoms with E-state index in [4.69, 9.17) is 0 Å². The Morgan fingerprint density at radius 1 is 0.595 bits per heavy atom. The molecule has 0 radical (unpaired) electrons. The Morgan fingerprint density at radius 3 is 1.73 bits per heavy atom. The van der Waals surface area contributed by atoms with Crippen molar-refractivity contribution in [3.05, 3.63) is 78.4 Å². The van der Waals surface area contributed by atoms with Gasteiger partial charge < -0.3 is 0 Å². The van der Waals surface area contributed by atoms with E-state index in [-0.39, 0.29) is 7.92 Å². The molecule has 37 heavy (non-hydrogen) atoms. The second-order valence-corrected chi connectivity index (χ2v) is 14.4. The number of rotatable bonds is 7. The average Bonchev–Trinajstić information content (AvgIpc) is 2.97. The third-order valence-corrected chi connectivity index (χ3v) is 12.7. The number of benzene rings is 4. The molecular weight excluding hydrogens is 463 g/mol. The smallest absolute Gasteiger partial charge is 0.00192 e. The van der Waals surface area contributed by atoms with Crippen molar-refractivity contribution in [2.45, 2.75) is 102 Å². The third kappa shape index (κ3) is 5.12. The van der Waals surface area contributed by atoms with Gasteiger partial charge in [0.25, 0.3) is 0 Å². The van der Waals surface area contributed by atoms with Gasteiger partial charge in [-0.2, -0.15) is 0 Å². The Labute approximate surface area is 225 Å². The van der Waals surface area contributed by atoms with Gasteiger partial charge in [-0.15, -0.1) is 0 Å². The standard InChI is InChI=1S/C36H43P/c1-2-3-14-29-24-23-27-15-10-12-21-32(27)35(29)36-33-22-13-11-16-28(33)25-26-34(36)37(30-17-6-4-7-18-30)31-19-8-5-9-20-31/h10-13,15-16,21-26,30-31H,2-9,14,17-20H2,1H3. The molecule has 0 atom stereocenters. The number of hydrogen-bond acceptors (Lipinski definition) is 0. The van der Waals surface area contributed by atoms with E-state index in [0.29, 0.717) is 0 Å². The maximum atomic E-state index is 2.61. The van der Waals surface area contributed by atoms with Gasteiger partial charge in [0.15, 0.2) is 0 Å². The molecule has 0 unspecified atom stereocenters. The minimum absolute atomic E-state index is 0.190. The van der Waals surface area contributed by atoms with E-state index in [9.17, 15) is 0 Å². The van der Waals surface area contributed by atoms with E-state index >= 15 is 0 Å². The maximum absolute atomic E-state index is 2.61. The summed E-state index contributed by atoms with van der Waals surface area (Å²) in [5, 5.41) is 7.46. The fourth-order valence-electron chi connectivity index (χ4n) is 7.34. The fourth-order valence-corrected chi connectivity index (χ4v) is 11.3. The lowest BCUT2D eigenvalue weighted by Crippen LogP contribution is -2.27. The Kier molecular flexibility index (Phi) is 7.94. The summed E-state index contributed by atoms with van der Waals surface area (Å²) in [6.07, 6.45) is 18.1. The molecule has 0 saturated heterocycles. The van der Waals surface area contributed by atoms with Gasteiger partial charge in [-0.3, -0.25) is 0 Å². The van der Waals surface area contributed by atoms with Crippen molar-refractivity contribution in [3.8, 4) is 11.1 Å². The van der Waals surface area contributed by atoms with E-state index in [1.807, 2.05) is 0 Å². The zero-order valence-electron chi connectivity index (χ0n) is 22.7. The molecular formula is C36H43P. The van der Waals surface area contributed by atoms with Crippen LogP contribution in [-0.4, -0.2) is 11.3 Å². The van der Waals surface area contributed by atoms with Gasteiger partial charge in [-0.1, -0.05) is 133 Å². The second-order valence-electron chi connectivity index (χ2n) is 11.6. The van der Waals surface area contributed by atoms with Crippen LogP contribution in [0.5, 0.6) is 0 Å². The van der Waals surface area contributed by atoms with Crippen LogP contribution in [0, 0.1) is 0 Å². The van der Waals surface area contributed by atoms with Crippen LogP contribution >= 0.6 is 7.92 Å². The monoisotopic (exact) mass is 506 g/mol. The molecule has 0 heterocycles. The molecule has 4 aromatic rings. The molecule has 4 aromatic carbocycles. The highest BCUT2D eigenvalue weighted by molar-refractivity contribution is 7.67. The lowest BCUT2D eigenvalue weighted by atomic mass is 9.88. The molecule has 2 aliphatic carbocycles. The molecule has 6 rings (SSSR count). The predicted molar refractivity (Wildman–Crippen MR) is 166 cm³/mol. The molecule has 0 aromatic heterocycles. The first kappa shape index (κ1) is 25.1. The quantitative estimate of drug-likeness (QED) is 0.219. The van der Waals surface area contributed by atoms with Gasteiger partial charge in [0.05, 0.1) is 0 Å². The lowest BCUT2D eigenvalue weighted by molar-refractivity contribution is 0.487. The minimum Gasteiger partial charge on any atom is -0.0683 e. The highest BCUT2D eigenvalue weighted by Crippen LogP contribution is 2.57. The summed E-state index contributed by atoms with van der Waals surface area (Å²) in [4.78, 5) is 0. The van der Waals surface area contributed by atoms with Crippen molar-refractivity contribution in [3.63, 3.8) is 0 Å². The molecule has 2 saturated carbocycles. The first-order valence-electron chi connectivity index (χ1n) is 15.2. The SMILES string of the molecule is CCCCc1ccc2ccccc2c1-c1c(P(C2CCCCC2)C2CCCCC2)ccc2ccccc12. The van der Waals surface area contributed by atoms with Crippen LogP contribution in [0.4, 0.5) is 0 Å². The van der Waals surface area contributed by atoms with Crippen molar-refractivity contribution in [2.24, 2.45) is 0 Å². The molecule has 192 valence electrons. The van der Waals surface area contributed by atoms with Gasteiger partial charge in [0.1, 0.15) is 0 Å². The van der Waals surface area contributed by atoms with Crippen LogP contribution in [0.25, 0.3) is 32.7 Å². The average molecular weight is 507 g/mol.